The van der Waals surface area contributed by atoms with Gasteiger partial charge in [-0.2, -0.15) is 4.31 Å². The second-order valence-electron chi connectivity index (χ2n) is 8.51. The van der Waals surface area contributed by atoms with Crippen molar-refractivity contribution in [2.45, 2.75) is 45.2 Å². The molecule has 5 nitrogen and oxygen atoms in total. The first-order valence-electron chi connectivity index (χ1n) is 11.0. The first kappa shape index (κ1) is 27.5. The maximum absolute atomic E-state index is 13.5. The maximum atomic E-state index is 13.5. The Kier molecular flexibility index (Phi) is 8.89. The molecule has 0 fully saturated rings. The smallest absolute Gasteiger partial charge is 0.243 e. The van der Waals surface area contributed by atoms with Gasteiger partial charge in [0.15, 0.2) is 0 Å². The Hall–Kier alpha value is -2.09. The van der Waals surface area contributed by atoms with E-state index in [1.807, 2.05) is 33.8 Å². The summed E-state index contributed by atoms with van der Waals surface area (Å²) in [5.41, 5.74) is 4.73. The van der Waals surface area contributed by atoms with Gasteiger partial charge in [-0.05, 0) is 86.3 Å². The molecule has 9 heteroatoms. The third-order valence-corrected chi connectivity index (χ3v) is 8.66. The van der Waals surface area contributed by atoms with Crippen LogP contribution < -0.4 is 5.32 Å². The molecule has 0 aliphatic carbocycles. The second-order valence-corrected chi connectivity index (χ2v) is 11.7. The molecule has 0 unspecified atom stereocenters. The lowest BCUT2D eigenvalue weighted by atomic mass is 9.96. The molecule has 0 spiro atoms. The molecule has 3 aromatic rings. The van der Waals surface area contributed by atoms with E-state index in [1.54, 1.807) is 18.2 Å². The number of carbonyl (C=O) groups excluding carboxylic acids is 1. The van der Waals surface area contributed by atoms with E-state index >= 15 is 0 Å². The van der Waals surface area contributed by atoms with Crippen LogP contribution in [-0.4, -0.2) is 25.2 Å². The third kappa shape index (κ3) is 6.57. The summed E-state index contributed by atoms with van der Waals surface area (Å²) in [6.07, 6.45) is 0. The zero-order valence-corrected chi connectivity index (χ0v) is 23.0. The first-order valence-corrected chi connectivity index (χ1v) is 13.5. The predicted octanol–water partition coefficient (Wildman–Crippen LogP) is 6.64. The Morgan fingerprint density at radius 2 is 1.49 bits per heavy atom. The molecule has 0 bridgehead atoms. The summed E-state index contributed by atoms with van der Waals surface area (Å²) in [5.74, 6) is -0.448. The van der Waals surface area contributed by atoms with E-state index in [2.05, 4.69) is 11.4 Å². The number of hydrogen-bond donors (Lipinski definition) is 1. The van der Waals surface area contributed by atoms with Crippen molar-refractivity contribution in [2.24, 2.45) is 0 Å². The number of benzene rings is 3. The summed E-state index contributed by atoms with van der Waals surface area (Å²) in [6, 6.07) is 14.5. The zero-order valence-electron chi connectivity index (χ0n) is 19.9. The van der Waals surface area contributed by atoms with Crippen molar-refractivity contribution in [2.75, 3.05) is 6.54 Å². The van der Waals surface area contributed by atoms with Crippen LogP contribution in [0.15, 0.2) is 59.5 Å². The molecule has 1 amide bonds. The molecule has 3 aromatic carbocycles. The molecule has 0 saturated carbocycles. The highest BCUT2D eigenvalue weighted by Gasteiger charge is 2.29. The van der Waals surface area contributed by atoms with Gasteiger partial charge < -0.3 is 5.32 Å². The number of nitrogens with zero attached hydrogens (tertiary/aromatic N) is 1. The molecule has 0 heterocycles. The average Bonchev–Trinajstić information content (AvgIpc) is 2.78. The molecule has 0 aliphatic heterocycles. The quantitative estimate of drug-likeness (QED) is 0.340. The molecule has 0 aromatic heterocycles. The number of aryl methyl sites for hydroxylation is 3. The van der Waals surface area contributed by atoms with Crippen molar-refractivity contribution >= 4 is 50.7 Å². The van der Waals surface area contributed by atoms with Crippen LogP contribution in [0.3, 0.4) is 0 Å². The highest BCUT2D eigenvalue weighted by atomic mass is 35.5. The van der Waals surface area contributed by atoms with Crippen LogP contribution in [0.1, 0.15) is 40.8 Å². The lowest BCUT2D eigenvalue weighted by molar-refractivity contribution is -0.122. The van der Waals surface area contributed by atoms with Crippen LogP contribution in [-0.2, 0) is 21.4 Å². The van der Waals surface area contributed by atoms with E-state index in [9.17, 15) is 13.2 Å². The lowest BCUT2D eigenvalue weighted by Gasteiger charge is -2.25. The summed E-state index contributed by atoms with van der Waals surface area (Å²) in [7, 11) is -4.07. The molecule has 0 radical (unpaired) electrons. The Bertz CT molecular complexity index is 1320. The van der Waals surface area contributed by atoms with Gasteiger partial charge in [-0.15, -0.1) is 0 Å². The fourth-order valence-corrected chi connectivity index (χ4v) is 5.82. The molecule has 0 aliphatic rings. The summed E-state index contributed by atoms with van der Waals surface area (Å²) >= 11 is 18.6. The Balaban J connectivity index is 1.91. The van der Waals surface area contributed by atoms with Crippen LogP contribution in [0.2, 0.25) is 15.1 Å². The van der Waals surface area contributed by atoms with Crippen molar-refractivity contribution in [3.63, 3.8) is 0 Å². The van der Waals surface area contributed by atoms with Gasteiger partial charge in [0, 0.05) is 27.2 Å². The monoisotopic (exact) mass is 552 g/mol. The normalized spacial score (nSPS) is 12.6. The van der Waals surface area contributed by atoms with Crippen LogP contribution >= 0.6 is 34.8 Å². The van der Waals surface area contributed by atoms with Gasteiger partial charge >= 0.3 is 0 Å². The minimum atomic E-state index is -4.07. The van der Waals surface area contributed by atoms with Gasteiger partial charge in [0.1, 0.15) is 0 Å². The number of sulfonamides is 1. The average molecular weight is 554 g/mol. The van der Waals surface area contributed by atoms with Gasteiger partial charge in [-0.3, -0.25) is 4.79 Å². The van der Waals surface area contributed by atoms with E-state index in [4.69, 9.17) is 34.8 Å². The molecule has 0 saturated heterocycles. The van der Waals surface area contributed by atoms with Crippen molar-refractivity contribution in [3.8, 4) is 0 Å². The minimum Gasteiger partial charge on any atom is -0.348 e. The summed E-state index contributed by atoms with van der Waals surface area (Å²) in [4.78, 5) is 13.1. The van der Waals surface area contributed by atoms with E-state index in [0.29, 0.717) is 20.6 Å². The first-order chi connectivity index (χ1) is 16.4. The molecular formula is C26H27Cl3N2O3S. The topological polar surface area (TPSA) is 66.5 Å². The highest BCUT2D eigenvalue weighted by molar-refractivity contribution is 7.89. The largest absolute Gasteiger partial charge is 0.348 e. The van der Waals surface area contributed by atoms with E-state index in [1.165, 1.54) is 29.8 Å². The number of amides is 1. The fraction of sp³-hybridized carbons (Fsp3) is 0.269. The number of carbonyl (C=O) groups is 1. The maximum Gasteiger partial charge on any atom is 0.243 e. The van der Waals surface area contributed by atoms with Crippen LogP contribution in [0.4, 0.5) is 0 Å². The van der Waals surface area contributed by atoms with E-state index < -0.39 is 22.5 Å². The Morgan fingerprint density at radius 1 is 0.914 bits per heavy atom. The SMILES string of the molecule is Cc1cc(C)c([C@H](C)NC(=O)CN(Cc2c(Cl)cccc2Cl)S(=O)(=O)c2ccc(Cl)cc2)cc1C. The van der Waals surface area contributed by atoms with Gasteiger partial charge in [0.2, 0.25) is 15.9 Å². The molecule has 35 heavy (non-hydrogen) atoms. The minimum absolute atomic E-state index is 0.0101. The zero-order chi connectivity index (χ0) is 25.9. The molecule has 186 valence electrons. The number of hydrogen-bond acceptors (Lipinski definition) is 3. The molecule has 1 N–H and O–H groups in total. The van der Waals surface area contributed by atoms with Gasteiger partial charge in [0.05, 0.1) is 17.5 Å². The van der Waals surface area contributed by atoms with Crippen molar-refractivity contribution in [1.29, 1.82) is 0 Å². The standard InChI is InChI=1S/C26H27Cl3N2O3S/c1-16-12-18(3)22(13-17(16)2)19(4)30-26(32)15-31(14-23-24(28)6-5-7-25(23)29)35(33,34)21-10-8-20(27)9-11-21/h5-13,19H,14-15H2,1-4H3,(H,30,32)/t19-/m0/s1. The summed E-state index contributed by atoms with van der Waals surface area (Å²) in [6.45, 7) is 7.32. The molecular weight excluding hydrogens is 527 g/mol. The second kappa shape index (κ2) is 11.3. The summed E-state index contributed by atoms with van der Waals surface area (Å²) in [5, 5.41) is 3.96. The van der Waals surface area contributed by atoms with E-state index in [0.717, 1.165) is 21.0 Å². The van der Waals surface area contributed by atoms with Gasteiger partial charge in [-0.25, -0.2) is 8.42 Å². The number of rotatable bonds is 8. The highest BCUT2D eigenvalue weighted by Crippen LogP contribution is 2.29. The van der Waals surface area contributed by atoms with Gasteiger partial charge in [-0.1, -0.05) is 53.0 Å². The van der Waals surface area contributed by atoms with Gasteiger partial charge in [0.25, 0.3) is 0 Å². The fourth-order valence-electron chi connectivity index (χ4n) is 3.82. The number of halogens is 3. The summed E-state index contributed by atoms with van der Waals surface area (Å²) < 4.78 is 28.1. The lowest BCUT2D eigenvalue weighted by Crippen LogP contribution is -2.41. The van der Waals surface area contributed by atoms with Crippen LogP contribution in [0.25, 0.3) is 0 Å². The third-order valence-electron chi connectivity index (χ3n) is 5.89. The Morgan fingerprint density at radius 3 is 2.09 bits per heavy atom. The molecule has 3 rings (SSSR count). The van der Waals surface area contributed by atoms with E-state index in [-0.39, 0.29) is 17.5 Å². The van der Waals surface area contributed by atoms with Crippen LogP contribution in [0, 0.1) is 20.8 Å². The van der Waals surface area contributed by atoms with Crippen molar-refractivity contribution < 1.29 is 13.2 Å². The number of nitrogens with one attached hydrogen (secondary N) is 1. The molecule has 1 atom stereocenters. The predicted molar refractivity (Wildman–Crippen MR) is 143 cm³/mol. The van der Waals surface area contributed by atoms with Crippen molar-refractivity contribution in [1.82, 2.24) is 9.62 Å². The Labute approximate surface area is 222 Å². The van der Waals surface area contributed by atoms with Crippen molar-refractivity contribution in [3.05, 3.63) is 97.5 Å². The van der Waals surface area contributed by atoms with Crippen LogP contribution in [0.5, 0.6) is 0 Å².